The number of rotatable bonds is 5. The van der Waals surface area contributed by atoms with Crippen LogP contribution in [0.1, 0.15) is 21.7 Å². The van der Waals surface area contributed by atoms with Crippen LogP contribution < -0.4 is 9.47 Å². The third-order valence-corrected chi connectivity index (χ3v) is 2.71. The van der Waals surface area contributed by atoms with Crippen molar-refractivity contribution < 1.29 is 19.4 Å². The van der Waals surface area contributed by atoms with Crippen LogP contribution in [-0.4, -0.2) is 23.2 Å². The average molecular weight is 273 g/mol. The van der Waals surface area contributed by atoms with E-state index in [0.29, 0.717) is 17.2 Å². The van der Waals surface area contributed by atoms with Gasteiger partial charge in [-0.1, -0.05) is 12.1 Å². The predicted molar refractivity (Wildman–Crippen MR) is 73.3 cm³/mol. The molecule has 5 nitrogen and oxygen atoms in total. The normalized spacial score (nSPS) is 10.1. The highest BCUT2D eigenvalue weighted by Gasteiger charge is 2.10. The van der Waals surface area contributed by atoms with Crippen LogP contribution in [0.2, 0.25) is 0 Å². The summed E-state index contributed by atoms with van der Waals surface area (Å²) in [6.45, 7) is 2.04. The highest BCUT2D eigenvalue weighted by Crippen LogP contribution is 2.20. The zero-order valence-corrected chi connectivity index (χ0v) is 11.3. The van der Waals surface area contributed by atoms with Gasteiger partial charge < -0.3 is 14.6 Å². The van der Waals surface area contributed by atoms with Crippen LogP contribution in [0.25, 0.3) is 0 Å². The highest BCUT2D eigenvalue weighted by molar-refractivity contribution is 5.90. The van der Waals surface area contributed by atoms with Gasteiger partial charge in [0.1, 0.15) is 23.7 Å². The molecule has 0 saturated heterocycles. The third-order valence-electron chi connectivity index (χ3n) is 2.71. The Bertz CT molecular complexity index is 625. The maximum atomic E-state index is 11.1. The number of nitrogens with zero attached hydrogens (tertiary/aromatic N) is 1. The van der Waals surface area contributed by atoms with E-state index in [4.69, 9.17) is 14.6 Å². The first kappa shape index (κ1) is 13.9. The van der Waals surface area contributed by atoms with Gasteiger partial charge in [0.15, 0.2) is 0 Å². The Morgan fingerprint density at radius 3 is 2.75 bits per heavy atom. The Labute approximate surface area is 116 Å². The highest BCUT2D eigenvalue weighted by atomic mass is 16.5. The number of hydrogen-bond acceptors (Lipinski definition) is 4. The summed E-state index contributed by atoms with van der Waals surface area (Å²) in [6, 6.07) is 10.1. The Hall–Kier alpha value is -2.56. The first-order valence-corrected chi connectivity index (χ1v) is 6.07. The molecule has 0 fully saturated rings. The number of ether oxygens (including phenoxy) is 2. The summed E-state index contributed by atoms with van der Waals surface area (Å²) in [7, 11) is 1.58. The van der Waals surface area contributed by atoms with Crippen LogP contribution in [0.4, 0.5) is 0 Å². The van der Waals surface area contributed by atoms with E-state index < -0.39 is 5.97 Å². The minimum absolute atomic E-state index is 0.132. The maximum Gasteiger partial charge on any atom is 0.339 e. The van der Waals surface area contributed by atoms with E-state index in [2.05, 4.69) is 4.98 Å². The molecule has 0 bridgehead atoms. The van der Waals surface area contributed by atoms with Crippen molar-refractivity contribution in [3.8, 4) is 11.5 Å². The second-order valence-electron chi connectivity index (χ2n) is 4.23. The lowest BCUT2D eigenvalue weighted by molar-refractivity contribution is 0.0691. The van der Waals surface area contributed by atoms with Crippen molar-refractivity contribution in [3.05, 3.63) is 53.3 Å². The summed E-state index contributed by atoms with van der Waals surface area (Å²) < 4.78 is 10.7. The van der Waals surface area contributed by atoms with Crippen LogP contribution >= 0.6 is 0 Å². The lowest BCUT2D eigenvalue weighted by atomic mass is 10.2. The molecule has 1 aromatic carbocycles. The molecule has 0 amide bonds. The number of benzene rings is 1. The summed E-state index contributed by atoms with van der Waals surface area (Å²) in [4.78, 5) is 15.4. The lowest BCUT2D eigenvalue weighted by Crippen LogP contribution is -2.05. The van der Waals surface area contributed by atoms with Gasteiger partial charge in [-0.25, -0.2) is 4.79 Å². The van der Waals surface area contributed by atoms with Gasteiger partial charge in [-0.15, -0.1) is 0 Å². The number of carboxylic acid groups (broad SMARTS) is 1. The second kappa shape index (κ2) is 6.06. The van der Waals surface area contributed by atoms with Crippen molar-refractivity contribution >= 4 is 5.97 Å². The molecule has 0 aliphatic carbocycles. The molecular formula is C15H15NO4. The smallest absolute Gasteiger partial charge is 0.339 e. The largest absolute Gasteiger partial charge is 0.497 e. The van der Waals surface area contributed by atoms with E-state index in [1.54, 1.807) is 31.4 Å². The summed E-state index contributed by atoms with van der Waals surface area (Å²) in [5.41, 5.74) is 1.63. The number of aromatic nitrogens is 1. The van der Waals surface area contributed by atoms with Gasteiger partial charge in [0.2, 0.25) is 0 Å². The van der Waals surface area contributed by atoms with Crippen LogP contribution in [-0.2, 0) is 6.61 Å². The molecule has 0 saturated carbocycles. The van der Waals surface area contributed by atoms with Crippen molar-refractivity contribution in [2.45, 2.75) is 13.5 Å². The van der Waals surface area contributed by atoms with Crippen LogP contribution in [0.15, 0.2) is 36.4 Å². The molecule has 104 valence electrons. The van der Waals surface area contributed by atoms with E-state index in [-0.39, 0.29) is 12.2 Å². The predicted octanol–water partition coefficient (Wildman–Crippen LogP) is 2.68. The quantitative estimate of drug-likeness (QED) is 0.907. The fraction of sp³-hybridized carbons (Fsp3) is 0.200. The van der Waals surface area contributed by atoms with Gasteiger partial charge in [0.05, 0.1) is 12.8 Å². The zero-order chi connectivity index (χ0) is 14.5. The van der Waals surface area contributed by atoms with Gasteiger partial charge in [-0.05, 0) is 19.1 Å². The molecule has 0 spiro atoms. The van der Waals surface area contributed by atoms with Gasteiger partial charge in [-0.2, -0.15) is 0 Å². The molecule has 0 atom stereocenters. The molecule has 2 rings (SSSR count). The monoisotopic (exact) mass is 273 g/mol. The molecular weight excluding hydrogens is 258 g/mol. The fourth-order valence-electron chi connectivity index (χ4n) is 1.82. The second-order valence-corrected chi connectivity index (χ2v) is 4.23. The van der Waals surface area contributed by atoms with Gasteiger partial charge in [0.25, 0.3) is 0 Å². The Morgan fingerprint density at radius 1 is 1.30 bits per heavy atom. The molecule has 0 unspecified atom stereocenters. The SMILES string of the molecule is COc1cc(C)nc(COc2ccccc2C(=O)O)c1. The number of aryl methyl sites for hydroxylation is 1. The summed E-state index contributed by atoms with van der Waals surface area (Å²) in [5.74, 6) is 0.000254. The Balaban J connectivity index is 2.17. The Morgan fingerprint density at radius 2 is 2.05 bits per heavy atom. The van der Waals surface area contributed by atoms with E-state index in [9.17, 15) is 4.79 Å². The van der Waals surface area contributed by atoms with Gasteiger partial charge in [0, 0.05) is 17.8 Å². The summed E-state index contributed by atoms with van der Waals surface area (Å²) in [6.07, 6.45) is 0. The Kier molecular flexibility index (Phi) is 4.20. The molecule has 1 heterocycles. The van der Waals surface area contributed by atoms with Crippen LogP contribution in [0.5, 0.6) is 11.5 Å². The number of methoxy groups -OCH3 is 1. The van der Waals surface area contributed by atoms with Crippen molar-refractivity contribution in [1.82, 2.24) is 4.98 Å². The number of carboxylic acids is 1. The molecule has 0 aliphatic rings. The van der Waals surface area contributed by atoms with E-state index in [0.717, 1.165) is 5.69 Å². The van der Waals surface area contributed by atoms with Crippen LogP contribution in [0.3, 0.4) is 0 Å². The molecule has 0 radical (unpaired) electrons. The fourth-order valence-corrected chi connectivity index (χ4v) is 1.82. The number of hydrogen-bond donors (Lipinski definition) is 1. The number of pyridine rings is 1. The summed E-state index contributed by atoms with van der Waals surface area (Å²) in [5, 5.41) is 9.07. The van der Waals surface area contributed by atoms with E-state index in [1.807, 2.05) is 13.0 Å². The number of aromatic carboxylic acids is 1. The number of para-hydroxylation sites is 1. The molecule has 20 heavy (non-hydrogen) atoms. The molecule has 1 aromatic heterocycles. The standard InChI is InChI=1S/C15H15NO4/c1-10-7-12(19-2)8-11(16-10)9-20-14-6-4-3-5-13(14)15(17)18/h3-8H,9H2,1-2H3,(H,17,18). The molecule has 5 heteroatoms. The molecule has 0 aliphatic heterocycles. The average Bonchev–Trinajstić information content (AvgIpc) is 2.44. The van der Waals surface area contributed by atoms with Crippen molar-refractivity contribution in [2.75, 3.05) is 7.11 Å². The van der Waals surface area contributed by atoms with Gasteiger partial charge in [-0.3, -0.25) is 4.98 Å². The lowest BCUT2D eigenvalue weighted by Gasteiger charge is -2.10. The van der Waals surface area contributed by atoms with Crippen molar-refractivity contribution in [2.24, 2.45) is 0 Å². The van der Waals surface area contributed by atoms with E-state index >= 15 is 0 Å². The number of carbonyl (C=O) groups is 1. The molecule has 1 N–H and O–H groups in total. The minimum Gasteiger partial charge on any atom is -0.497 e. The van der Waals surface area contributed by atoms with Gasteiger partial charge >= 0.3 is 5.97 Å². The van der Waals surface area contributed by atoms with Crippen molar-refractivity contribution in [3.63, 3.8) is 0 Å². The maximum absolute atomic E-state index is 11.1. The first-order chi connectivity index (χ1) is 9.60. The van der Waals surface area contributed by atoms with Crippen LogP contribution in [0, 0.1) is 6.92 Å². The summed E-state index contributed by atoms with van der Waals surface area (Å²) >= 11 is 0. The third kappa shape index (κ3) is 3.26. The first-order valence-electron chi connectivity index (χ1n) is 6.07. The van der Waals surface area contributed by atoms with Crippen molar-refractivity contribution in [1.29, 1.82) is 0 Å². The van der Waals surface area contributed by atoms with E-state index in [1.165, 1.54) is 6.07 Å². The topological polar surface area (TPSA) is 68.7 Å². The molecule has 2 aromatic rings. The zero-order valence-electron chi connectivity index (χ0n) is 11.3. The minimum atomic E-state index is -1.02.